The van der Waals surface area contributed by atoms with Crippen LogP contribution in [0.2, 0.25) is 0 Å². The first kappa shape index (κ1) is 24.4. The molecule has 0 bridgehead atoms. The van der Waals surface area contributed by atoms with Crippen LogP contribution in [0.5, 0.6) is 23.0 Å². The maximum absolute atomic E-state index is 12.7. The molecule has 2 rings (SSSR count). The number of methoxy groups -OCH3 is 4. The van der Waals surface area contributed by atoms with Crippen molar-refractivity contribution in [1.82, 2.24) is 0 Å². The van der Waals surface area contributed by atoms with Crippen LogP contribution in [0.25, 0.3) is 6.08 Å². The van der Waals surface area contributed by atoms with Gasteiger partial charge in [0.1, 0.15) is 28.9 Å². The molecule has 2 aromatic rings. The van der Waals surface area contributed by atoms with Crippen LogP contribution >= 0.6 is 11.6 Å². The minimum atomic E-state index is -3.67. The van der Waals surface area contributed by atoms with E-state index >= 15 is 0 Å². The minimum Gasteiger partial charge on any atom is -0.496 e. The number of halogens is 1. The number of carbonyl (C=O) groups is 1. The molecule has 1 amide bonds. The van der Waals surface area contributed by atoms with Crippen molar-refractivity contribution in [2.24, 2.45) is 0 Å². The monoisotopic (exact) mass is 469 g/mol. The standard InChI is InChI=1S/C21H24ClNO7S/c1-27-15-10-19(29-3)16(20(11-15)30-4)7-8-31(25,26)13-14-5-6-18(28-2)17(9-14)23-21(24)12-22/h5-11H,12-13H2,1-4H3,(H,23,24)/b8-7-. The average Bonchev–Trinajstić information content (AvgIpc) is 2.76. The zero-order valence-electron chi connectivity index (χ0n) is 17.6. The van der Waals surface area contributed by atoms with E-state index in [0.717, 1.165) is 5.41 Å². The van der Waals surface area contributed by atoms with Crippen LogP contribution in [-0.4, -0.2) is 48.6 Å². The molecule has 31 heavy (non-hydrogen) atoms. The number of hydrogen-bond donors (Lipinski definition) is 1. The number of rotatable bonds is 10. The molecule has 0 aliphatic carbocycles. The summed E-state index contributed by atoms with van der Waals surface area (Å²) in [5, 5.41) is 3.67. The summed E-state index contributed by atoms with van der Waals surface area (Å²) in [6, 6.07) is 7.97. The number of anilines is 1. The molecule has 1 N–H and O–H groups in total. The summed E-state index contributed by atoms with van der Waals surface area (Å²) in [7, 11) is 2.21. The Morgan fingerprint density at radius 1 is 0.968 bits per heavy atom. The first-order valence-electron chi connectivity index (χ1n) is 9.00. The number of ether oxygens (including phenoxy) is 4. The maximum Gasteiger partial charge on any atom is 0.239 e. The second-order valence-corrected chi connectivity index (χ2v) is 8.43. The molecule has 0 saturated heterocycles. The SMILES string of the molecule is COc1cc(OC)c(/C=C\S(=O)(=O)Cc2ccc(OC)c(NC(=O)CCl)c2)c(OC)c1. The Morgan fingerprint density at radius 2 is 1.58 bits per heavy atom. The Labute approximate surface area is 186 Å². The van der Waals surface area contributed by atoms with Crippen molar-refractivity contribution in [3.63, 3.8) is 0 Å². The molecule has 8 nitrogen and oxygen atoms in total. The van der Waals surface area contributed by atoms with E-state index in [1.165, 1.54) is 40.6 Å². The van der Waals surface area contributed by atoms with Gasteiger partial charge in [-0.25, -0.2) is 8.42 Å². The third-order valence-corrected chi connectivity index (χ3v) is 5.75. The summed E-state index contributed by atoms with van der Waals surface area (Å²) in [6.07, 6.45) is 1.41. The number of sulfone groups is 1. The van der Waals surface area contributed by atoms with Gasteiger partial charge in [0, 0.05) is 17.5 Å². The summed E-state index contributed by atoms with van der Waals surface area (Å²) < 4.78 is 46.5. The third-order valence-electron chi connectivity index (χ3n) is 4.22. The number of benzene rings is 2. The van der Waals surface area contributed by atoms with Crippen LogP contribution < -0.4 is 24.3 Å². The summed E-state index contributed by atoms with van der Waals surface area (Å²) in [4.78, 5) is 11.6. The molecule has 0 saturated carbocycles. The van der Waals surface area contributed by atoms with Crippen molar-refractivity contribution in [3.8, 4) is 23.0 Å². The highest BCUT2D eigenvalue weighted by atomic mass is 35.5. The van der Waals surface area contributed by atoms with Crippen molar-refractivity contribution in [2.45, 2.75) is 5.75 Å². The van der Waals surface area contributed by atoms with Crippen LogP contribution in [0.15, 0.2) is 35.7 Å². The van der Waals surface area contributed by atoms with Crippen LogP contribution in [0.1, 0.15) is 11.1 Å². The molecule has 0 radical (unpaired) electrons. The molecule has 2 aromatic carbocycles. The van der Waals surface area contributed by atoms with Gasteiger partial charge >= 0.3 is 0 Å². The third kappa shape index (κ3) is 6.53. The zero-order chi connectivity index (χ0) is 23.0. The molecule has 10 heteroatoms. The van der Waals surface area contributed by atoms with Crippen LogP contribution in [0.3, 0.4) is 0 Å². The quantitative estimate of drug-likeness (QED) is 0.531. The van der Waals surface area contributed by atoms with Crippen LogP contribution in [0.4, 0.5) is 5.69 Å². The van der Waals surface area contributed by atoms with Gasteiger partial charge in [0.25, 0.3) is 0 Å². The lowest BCUT2D eigenvalue weighted by Gasteiger charge is -2.13. The Hall–Kier alpha value is -2.91. The van der Waals surface area contributed by atoms with Gasteiger partial charge in [-0.3, -0.25) is 4.79 Å². The van der Waals surface area contributed by atoms with Crippen LogP contribution in [0, 0.1) is 0 Å². The fraction of sp³-hybridized carbons (Fsp3) is 0.286. The lowest BCUT2D eigenvalue weighted by atomic mass is 10.1. The Morgan fingerprint density at radius 3 is 2.10 bits per heavy atom. The highest BCUT2D eigenvalue weighted by Crippen LogP contribution is 2.35. The topological polar surface area (TPSA) is 100 Å². The predicted molar refractivity (Wildman–Crippen MR) is 120 cm³/mol. The zero-order valence-corrected chi connectivity index (χ0v) is 19.2. The van der Waals surface area contributed by atoms with Crippen molar-refractivity contribution < 1.29 is 32.2 Å². The molecule has 0 aliphatic heterocycles. The van der Waals surface area contributed by atoms with Crippen molar-refractivity contribution in [1.29, 1.82) is 0 Å². The second-order valence-electron chi connectivity index (χ2n) is 6.27. The number of alkyl halides is 1. The van der Waals surface area contributed by atoms with Crippen LogP contribution in [-0.2, 0) is 20.4 Å². The molecule has 0 heterocycles. The van der Waals surface area contributed by atoms with Gasteiger partial charge in [-0.15, -0.1) is 11.6 Å². The average molecular weight is 470 g/mol. The number of carbonyl (C=O) groups excluding carboxylic acids is 1. The van der Waals surface area contributed by atoms with E-state index in [1.54, 1.807) is 24.3 Å². The van der Waals surface area contributed by atoms with E-state index in [-0.39, 0.29) is 11.6 Å². The van der Waals surface area contributed by atoms with Gasteiger partial charge in [-0.05, 0) is 23.8 Å². The highest BCUT2D eigenvalue weighted by molar-refractivity contribution is 7.93. The summed E-state index contributed by atoms with van der Waals surface area (Å²) in [5.74, 6) is 0.744. The smallest absolute Gasteiger partial charge is 0.239 e. The summed E-state index contributed by atoms with van der Waals surface area (Å²) in [6.45, 7) is 0. The Bertz CT molecular complexity index is 1040. The number of nitrogens with one attached hydrogen (secondary N) is 1. The first-order chi connectivity index (χ1) is 14.8. The largest absolute Gasteiger partial charge is 0.496 e. The molecular formula is C21H24ClNO7S. The normalized spacial score (nSPS) is 11.3. The molecular weight excluding hydrogens is 446 g/mol. The van der Waals surface area contributed by atoms with Gasteiger partial charge in [0.2, 0.25) is 5.91 Å². The lowest BCUT2D eigenvalue weighted by molar-refractivity contribution is -0.113. The minimum absolute atomic E-state index is 0.236. The van der Waals surface area contributed by atoms with Crippen molar-refractivity contribution in [2.75, 3.05) is 39.6 Å². The summed E-state index contributed by atoms with van der Waals surface area (Å²) in [5.41, 5.74) is 1.26. The first-order valence-corrected chi connectivity index (χ1v) is 11.3. The van der Waals surface area contributed by atoms with E-state index in [0.29, 0.717) is 39.8 Å². The van der Waals surface area contributed by atoms with Gasteiger partial charge in [0.15, 0.2) is 9.84 Å². The van der Waals surface area contributed by atoms with Gasteiger partial charge in [-0.2, -0.15) is 0 Å². The maximum atomic E-state index is 12.7. The molecule has 0 fully saturated rings. The van der Waals surface area contributed by atoms with E-state index < -0.39 is 15.7 Å². The summed E-state index contributed by atoms with van der Waals surface area (Å²) >= 11 is 5.53. The van der Waals surface area contributed by atoms with E-state index in [4.69, 9.17) is 30.5 Å². The molecule has 0 unspecified atom stereocenters. The lowest BCUT2D eigenvalue weighted by Crippen LogP contribution is -2.13. The molecule has 168 valence electrons. The van der Waals surface area contributed by atoms with Crippen molar-refractivity contribution >= 4 is 39.1 Å². The molecule has 0 spiro atoms. The Balaban J connectivity index is 2.33. The van der Waals surface area contributed by atoms with Crippen molar-refractivity contribution in [3.05, 3.63) is 46.9 Å². The van der Waals surface area contributed by atoms with Gasteiger partial charge in [0.05, 0.1) is 45.4 Å². The molecule has 0 aromatic heterocycles. The Kier molecular flexibility index (Phi) is 8.58. The molecule has 0 atom stereocenters. The van der Waals surface area contributed by atoms with Gasteiger partial charge < -0.3 is 24.3 Å². The molecule has 0 aliphatic rings. The predicted octanol–water partition coefficient (Wildman–Crippen LogP) is 3.48. The van der Waals surface area contributed by atoms with E-state index in [9.17, 15) is 13.2 Å². The van der Waals surface area contributed by atoms with E-state index in [1.807, 2.05) is 0 Å². The number of hydrogen-bond acceptors (Lipinski definition) is 7. The number of amides is 1. The fourth-order valence-electron chi connectivity index (χ4n) is 2.78. The fourth-order valence-corrected chi connectivity index (χ4v) is 3.93. The highest BCUT2D eigenvalue weighted by Gasteiger charge is 2.15. The second kappa shape index (κ2) is 10.9. The van der Waals surface area contributed by atoms with E-state index in [2.05, 4.69) is 5.32 Å². The van der Waals surface area contributed by atoms with Gasteiger partial charge in [-0.1, -0.05) is 6.07 Å².